The van der Waals surface area contributed by atoms with Crippen LogP contribution >= 0.6 is 0 Å². The molecule has 2 N–H and O–H groups in total. The van der Waals surface area contributed by atoms with E-state index in [4.69, 9.17) is 0 Å². The summed E-state index contributed by atoms with van der Waals surface area (Å²) < 4.78 is 1.55. The highest BCUT2D eigenvalue weighted by molar-refractivity contribution is 6.05. The van der Waals surface area contributed by atoms with Crippen LogP contribution in [0.5, 0.6) is 0 Å². The molecule has 0 radical (unpaired) electrons. The normalized spacial score (nSPS) is 14.0. The van der Waals surface area contributed by atoms with Gasteiger partial charge in [-0.1, -0.05) is 58.4 Å². The number of aryl methyl sites for hydroxylation is 1. The van der Waals surface area contributed by atoms with Gasteiger partial charge in [0.2, 0.25) is 0 Å². The Morgan fingerprint density at radius 2 is 1.70 bits per heavy atom. The van der Waals surface area contributed by atoms with Gasteiger partial charge in [0.1, 0.15) is 5.69 Å². The Labute approximate surface area is 254 Å². The average Bonchev–Trinajstić information content (AvgIpc) is 3.00. The molecule has 3 heterocycles. The van der Waals surface area contributed by atoms with Crippen LogP contribution < -0.4 is 21.1 Å². The lowest BCUT2D eigenvalue weighted by molar-refractivity contribution is 0.102. The van der Waals surface area contributed by atoms with Crippen molar-refractivity contribution in [2.24, 2.45) is 13.0 Å². The van der Waals surface area contributed by atoms with Crippen LogP contribution in [-0.2, 0) is 12.5 Å². The molecule has 2 aromatic heterocycles. The van der Waals surface area contributed by atoms with Gasteiger partial charge in [-0.25, -0.2) is 0 Å². The summed E-state index contributed by atoms with van der Waals surface area (Å²) in [5.74, 6) is 2.00. The number of carbonyl (C=O) groups is 1. The molecule has 1 aliphatic heterocycles. The number of rotatable bonds is 7. The van der Waals surface area contributed by atoms with Crippen molar-refractivity contribution < 1.29 is 4.79 Å². The molecule has 0 bridgehead atoms. The van der Waals surface area contributed by atoms with Crippen molar-refractivity contribution in [2.75, 3.05) is 28.6 Å². The summed E-state index contributed by atoms with van der Waals surface area (Å²) in [6, 6.07) is 19.2. The van der Waals surface area contributed by atoms with Crippen molar-refractivity contribution in [2.45, 2.75) is 59.3 Å². The number of hydrogen-bond acceptors (Lipinski definition) is 6. The molecule has 1 fully saturated rings. The zero-order chi connectivity index (χ0) is 30.7. The molecule has 2 aromatic carbocycles. The Morgan fingerprint density at radius 3 is 2.33 bits per heavy atom. The number of hydrogen-bond donors (Lipinski definition) is 2. The molecule has 5 rings (SSSR count). The third-order valence-electron chi connectivity index (χ3n) is 8.52. The average molecular weight is 579 g/mol. The van der Waals surface area contributed by atoms with E-state index < -0.39 is 0 Å². The largest absolute Gasteiger partial charge is 0.355 e. The first-order valence-electron chi connectivity index (χ1n) is 15.1. The summed E-state index contributed by atoms with van der Waals surface area (Å²) in [4.78, 5) is 28.4. The molecule has 1 amide bonds. The van der Waals surface area contributed by atoms with Crippen molar-refractivity contribution in [1.82, 2.24) is 14.8 Å². The monoisotopic (exact) mass is 578 g/mol. The van der Waals surface area contributed by atoms with Crippen LogP contribution in [0.1, 0.15) is 68.4 Å². The van der Waals surface area contributed by atoms with E-state index in [0.717, 1.165) is 47.2 Å². The molecule has 0 atom stereocenters. The molecular formula is C35H42N6O2. The lowest BCUT2D eigenvalue weighted by atomic mass is 9.86. The van der Waals surface area contributed by atoms with Gasteiger partial charge < -0.3 is 20.1 Å². The number of aromatic nitrogens is 3. The second kappa shape index (κ2) is 12.4. The van der Waals surface area contributed by atoms with Crippen molar-refractivity contribution >= 4 is 28.9 Å². The molecule has 0 saturated carbocycles. The Balaban J connectivity index is 1.34. The highest BCUT2D eigenvalue weighted by Crippen LogP contribution is 2.31. The van der Waals surface area contributed by atoms with Gasteiger partial charge in [-0.05, 0) is 84.2 Å². The lowest BCUT2D eigenvalue weighted by Gasteiger charge is -2.32. The standard InChI is InChI=1S/C35H42N6O2/c1-7-24-17-19-41(20-18-24)32-16-15-31(38-39-32)36-30-21-26(22-40(6)34(30)43)28-9-8-10-29(23(28)2)37-33(42)25-11-13-27(14-12-25)35(3,4)5/h8-16,21-22,24H,7,17-20H2,1-6H3,(H,36,38)(H,37,42). The van der Waals surface area contributed by atoms with Crippen LogP contribution in [0, 0.1) is 12.8 Å². The van der Waals surface area contributed by atoms with Gasteiger partial charge in [0.15, 0.2) is 11.6 Å². The molecule has 8 nitrogen and oxygen atoms in total. The van der Waals surface area contributed by atoms with Crippen molar-refractivity contribution in [3.63, 3.8) is 0 Å². The fourth-order valence-corrected chi connectivity index (χ4v) is 5.62. The van der Waals surface area contributed by atoms with E-state index in [1.54, 1.807) is 17.8 Å². The Kier molecular flexibility index (Phi) is 8.67. The first kappa shape index (κ1) is 30.0. The molecule has 0 spiro atoms. The van der Waals surface area contributed by atoms with Crippen LogP contribution in [0.25, 0.3) is 11.1 Å². The summed E-state index contributed by atoms with van der Waals surface area (Å²) in [5.41, 5.74) is 5.41. The molecule has 0 aliphatic carbocycles. The highest BCUT2D eigenvalue weighted by atomic mass is 16.1. The minimum atomic E-state index is -0.169. The molecular weight excluding hydrogens is 536 g/mol. The third-order valence-corrected chi connectivity index (χ3v) is 8.52. The number of piperidine rings is 1. The minimum absolute atomic E-state index is 0.0189. The lowest BCUT2D eigenvalue weighted by Crippen LogP contribution is -2.34. The smallest absolute Gasteiger partial charge is 0.274 e. The number of nitrogens with one attached hydrogen (secondary N) is 2. The SMILES string of the molecule is CCC1CCN(c2ccc(Nc3cc(-c4cccc(NC(=O)c5ccc(C(C)(C)C)cc5)c4C)cn(C)c3=O)nn2)CC1. The maximum atomic E-state index is 13.1. The Hall–Kier alpha value is -4.46. The molecule has 43 heavy (non-hydrogen) atoms. The molecule has 4 aromatic rings. The second-order valence-electron chi connectivity index (χ2n) is 12.6. The Morgan fingerprint density at radius 1 is 0.977 bits per heavy atom. The van der Waals surface area contributed by atoms with Crippen molar-refractivity contribution in [3.8, 4) is 11.1 Å². The zero-order valence-corrected chi connectivity index (χ0v) is 26.1. The predicted octanol–water partition coefficient (Wildman–Crippen LogP) is 7.07. The van der Waals surface area contributed by atoms with E-state index in [1.165, 1.54) is 24.8 Å². The highest BCUT2D eigenvalue weighted by Gasteiger charge is 2.20. The fourth-order valence-electron chi connectivity index (χ4n) is 5.62. The van der Waals surface area contributed by atoms with Gasteiger partial charge in [-0.3, -0.25) is 9.59 Å². The fraction of sp³-hybridized carbons (Fsp3) is 0.371. The summed E-state index contributed by atoms with van der Waals surface area (Å²) in [7, 11) is 1.73. The van der Waals surface area contributed by atoms with Gasteiger partial charge in [-0.2, -0.15) is 0 Å². The van der Waals surface area contributed by atoms with Gasteiger partial charge in [0.25, 0.3) is 11.5 Å². The van der Waals surface area contributed by atoms with Gasteiger partial charge in [-0.15, -0.1) is 10.2 Å². The molecule has 1 aliphatic rings. The number of nitrogens with zero attached hydrogens (tertiary/aromatic N) is 4. The van der Waals surface area contributed by atoms with Crippen LogP contribution in [0.2, 0.25) is 0 Å². The maximum absolute atomic E-state index is 13.1. The second-order valence-corrected chi connectivity index (χ2v) is 12.6. The minimum Gasteiger partial charge on any atom is -0.355 e. The zero-order valence-electron chi connectivity index (χ0n) is 26.1. The van der Waals surface area contributed by atoms with Crippen LogP contribution in [0.15, 0.2) is 71.7 Å². The van der Waals surface area contributed by atoms with Crippen molar-refractivity contribution in [3.05, 3.63) is 93.9 Å². The first-order chi connectivity index (χ1) is 20.5. The Bertz CT molecular complexity index is 1640. The predicted molar refractivity (Wildman–Crippen MR) is 175 cm³/mol. The molecule has 1 saturated heterocycles. The van der Waals surface area contributed by atoms with Crippen LogP contribution in [-0.4, -0.2) is 33.8 Å². The number of benzene rings is 2. The molecule has 8 heteroatoms. The number of amides is 1. The number of anilines is 4. The van der Waals surface area contributed by atoms with Crippen LogP contribution in [0.4, 0.5) is 23.0 Å². The summed E-state index contributed by atoms with van der Waals surface area (Å²) >= 11 is 0. The van der Waals surface area contributed by atoms with E-state index in [0.29, 0.717) is 17.1 Å². The maximum Gasteiger partial charge on any atom is 0.274 e. The van der Waals surface area contributed by atoms with E-state index in [2.05, 4.69) is 53.4 Å². The third kappa shape index (κ3) is 6.79. The number of carbonyl (C=O) groups excluding carboxylic acids is 1. The van der Waals surface area contributed by atoms with Crippen molar-refractivity contribution in [1.29, 1.82) is 0 Å². The van der Waals surface area contributed by atoms with Gasteiger partial charge >= 0.3 is 0 Å². The van der Waals surface area contributed by atoms with Crippen LogP contribution in [0.3, 0.4) is 0 Å². The van der Waals surface area contributed by atoms with Gasteiger partial charge in [0, 0.05) is 43.1 Å². The van der Waals surface area contributed by atoms with E-state index >= 15 is 0 Å². The number of pyridine rings is 1. The van der Waals surface area contributed by atoms with Gasteiger partial charge in [0.05, 0.1) is 0 Å². The van der Waals surface area contributed by atoms with E-state index in [9.17, 15) is 9.59 Å². The van der Waals surface area contributed by atoms with E-state index in [1.807, 2.05) is 67.6 Å². The molecule has 224 valence electrons. The summed E-state index contributed by atoms with van der Waals surface area (Å²) in [6.07, 6.45) is 5.38. The summed E-state index contributed by atoms with van der Waals surface area (Å²) in [6.45, 7) is 12.7. The topological polar surface area (TPSA) is 92.2 Å². The molecule has 0 unspecified atom stereocenters. The quantitative estimate of drug-likeness (QED) is 0.244. The van der Waals surface area contributed by atoms with E-state index in [-0.39, 0.29) is 16.9 Å². The first-order valence-corrected chi connectivity index (χ1v) is 15.1. The summed E-state index contributed by atoms with van der Waals surface area (Å²) in [5, 5.41) is 15.1.